The highest BCUT2D eigenvalue weighted by Crippen LogP contribution is 2.61. The highest BCUT2D eigenvalue weighted by Gasteiger charge is 2.17. The van der Waals surface area contributed by atoms with Crippen LogP contribution in [0, 0.1) is 0 Å². The van der Waals surface area contributed by atoms with E-state index in [0.717, 1.165) is 22.0 Å². The topological polar surface area (TPSA) is 144 Å². The minimum Gasteiger partial charge on any atom is -0.493 e. The van der Waals surface area contributed by atoms with E-state index < -0.39 is 5.20 Å². The fourth-order valence-corrected chi connectivity index (χ4v) is 5.14. The van der Waals surface area contributed by atoms with Crippen LogP contribution in [-0.4, -0.2) is 62.6 Å². The molecule has 0 saturated heterocycles. The van der Waals surface area contributed by atoms with Gasteiger partial charge in [-0.15, -0.1) is 0 Å². The first-order valence-electron chi connectivity index (χ1n) is 14.5. The van der Waals surface area contributed by atoms with Gasteiger partial charge in [0.05, 0.1) is 70.5 Å². The number of fused-ring (bicyclic) bond motifs is 2. The normalized spacial score (nSPS) is 10.7. The molecule has 17 heteroatoms. The molecule has 12 nitrogen and oxygen atoms in total. The van der Waals surface area contributed by atoms with Gasteiger partial charge in [0, 0.05) is 28.9 Å². The summed E-state index contributed by atoms with van der Waals surface area (Å²) in [6.45, 7) is 0. The van der Waals surface area contributed by atoms with Crippen molar-refractivity contribution in [3.8, 4) is 57.0 Å². The Labute approximate surface area is 312 Å². The average Bonchev–Trinajstić information content (AvgIpc) is 3.13. The number of halogens is 4. The third-order valence-corrected chi connectivity index (χ3v) is 7.39. The standard InChI is InChI=1S/C17H15ClN2O3.C17H16N2O4.Cl3OP/c1-21-14-7-10(8-15(22-2)16(14)23-3)12-9-13-11(17(18)20-12)5-4-6-19-13;1-21-14-7-10(8-15(22-2)16(14)23-3)12-9-13-11(17(20)19-12)5-4-6-18-13;1-5(2,3)4/h4-9H,1-3H3;4-9H,1-3H3,(H,19,20);. The van der Waals surface area contributed by atoms with Gasteiger partial charge in [0.15, 0.2) is 23.0 Å². The Hall–Kier alpha value is -4.45. The van der Waals surface area contributed by atoms with Crippen molar-refractivity contribution in [1.29, 1.82) is 0 Å². The Morgan fingerprint density at radius 2 is 1.06 bits per heavy atom. The molecule has 6 aromatic rings. The molecule has 6 rings (SSSR count). The van der Waals surface area contributed by atoms with Gasteiger partial charge in [0.1, 0.15) is 5.15 Å². The van der Waals surface area contributed by atoms with Gasteiger partial charge in [0.2, 0.25) is 11.5 Å². The molecule has 0 spiro atoms. The lowest BCUT2D eigenvalue weighted by molar-refractivity contribution is 0.324. The minimum atomic E-state index is -3.22. The first-order chi connectivity index (χ1) is 24.3. The second-order valence-electron chi connectivity index (χ2n) is 10.0. The Morgan fingerprint density at radius 3 is 1.51 bits per heavy atom. The third-order valence-electron chi connectivity index (χ3n) is 7.10. The molecular weight excluding hydrogens is 765 g/mol. The SMILES string of the molecule is COc1cc(-c2cc3ncccc3c(=O)[nH]2)cc(OC)c1OC.COc1cc(-c2cc3ncccc3c(Cl)n2)cc(OC)c1OC.O=P(Cl)(Cl)Cl. The van der Waals surface area contributed by atoms with Crippen LogP contribution in [0.2, 0.25) is 5.15 Å². The largest absolute Gasteiger partial charge is 0.493 e. The molecule has 0 aliphatic carbocycles. The number of rotatable bonds is 8. The van der Waals surface area contributed by atoms with Gasteiger partial charge in [-0.25, -0.2) is 4.98 Å². The van der Waals surface area contributed by atoms with E-state index in [4.69, 9.17) is 40.0 Å². The molecule has 0 radical (unpaired) electrons. The fourth-order valence-electron chi connectivity index (χ4n) is 4.89. The van der Waals surface area contributed by atoms with E-state index in [-0.39, 0.29) is 5.56 Å². The average molecular weight is 796 g/mol. The van der Waals surface area contributed by atoms with Crippen molar-refractivity contribution < 1.29 is 33.0 Å². The van der Waals surface area contributed by atoms with Crippen LogP contribution in [0.3, 0.4) is 0 Å². The molecule has 1 N–H and O–H groups in total. The van der Waals surface area contributed by atoms with Crippen LogP contribution in [0.15, 0.2) is 77.9 Å². The van der Waals surface area contributed by atoms with Gasteiger partial charge in [-0.05, 0) is 94.4 Å². The van der Waals surface area contributed by atoms with E-state index in [1.807, 2.05) is 36.4 Å². The van der Waals surface area contributed by atoms with E-state index >= 15 is 0 Å². The summed E-state index contributed by atoms with van der Waals surface area (Å²) in [7, 11) is 9.35. The lowest BCUT2D eigenvalue weighted by Gasteiger charge is -2.14. The Bertz CT molecular complexity index is 2210. The first-order valence-corrected chi connectivity index (χ1v) is 19.3. The van der Waals surface area contributed by atoms with Crippen LogP contribution in [0.1, 0.15) is 0 Å². The maximum absolute atomic E-state index is 12.2. The van der Waals surface area contributed by atoms with Crippen molar-refractivity contribution in [3.05, 3.63) is 88.6 Å². The number of ether oxygens (including phenoxy) is 6. The van der Waals surface area contributed by atoms with Gasteiger partial charge >= 0.3 is 5.20 Å². The zero-order chi connectivity index (χ0) is 37.3. The molecule has 2 aromatic carbocycles. The Balaban J connectivity index is 0.000000202. The Morgan fingerprint density at radius 1 is 0.627 bits per heavy atom. The predicted molar refractivity (Wildman–Crippen MR) is 202 cm³/mol. The molecule has 0 atom stereocenters. The molecule has 0 saturated carbocycles. The molecule has 268 valence electrons. The van der Waals surface area contributed by atoms with E-state index in [9.17, 15) is 9.36 Å². The summed E-state index contributed by atoms with van der Waals surface area (Å²) in [5, 5.41) is -1.46. The zero-order valence-electron chi connectivity index (χ0n) is 28.0. The minimum absolute atomic E-state index is 0.195. The van der Waals surface area contributed by atoms with Crippen molar-refractivity contribution >= 4 is 72.3 Å². The smallest absolute Gasteiger partial charge is 0.339 e. The van der Waals surface area contributed by atoms with Crippen molar-refractivity contribution in [2.24, 2.45) is 0 Å². The molecular formula is C34H31Cl4N4O8P. The Kier molecular flexibility index (Phi) is 13.6. The number of pyridine rings is 4. The molecule has 0 unspecified atom stereocenters. The highest BCUT2D eigenvalue weighted by atomic mass is 36.0. The van der Waals surface area contributed by atoms with Crippen LogP contribution < -0.4 is 34.0 Å². The van der Waals surface area contributed by atoms with Crippen LogP contribution in [0.25, 0.3) is 44.3 Å². The molecule has 0 aliphatic heterocycles. The van der Waals surface area contributed by atoms with E-state index in [1.54, 1.807) is 79.3 Å². The van der Waals surface area contributed by atoms with Crippen LogP contribution >= 0.6 is 50.5 Å². The van der Waals surface area contributed by atoms with Crippen LogP contribution in [0.5, 0.6) is 34.5 Å². The van der Waals surface area contributed by atoms with E-state index in [1.165, 1.54) is 0 Å². The van der Waals surface area contributed by atoms with Crippen molar-refractivity contribution in [2.45, 2.75) is 0 Å². The first kappa shape index (κ1) is 39.3. The molecule has 4 aromatic heterocycles. The number of nitrogens with one attached hydrogen (secondary N) is 1. The van der Waals surface area contributed by atoms with Gasteiger partial charge in [-0.2, -0.15) is 0 Å². The number of methoxy groups -OCH3 is 6. The molecule has 4 heterocycles. The van der Waals surface area contributed by atoms with Gasteiger partial charge in [-0.3, -0.25) is 19.3 Å². The molecule has 0 bridgehead atoms. The zero-order valence-corrected chi connectivity index (χ0v) is 31.9. The van der Waals surface area contributed by atoms with E-state index in [0.29, 0.717) is 61.9 Å². The van der Waals surface area contributed by atoms with Crippen molar-refractivity contribution in [2.75, 3.05) is 42.7 Å². The lowest BCUT2D eigenvalue weighted by atomic mass is 10.1. The summed E-state index contributed by atoms with van der Waals surface area (Å²) in [6, 6.07) is 18.1. The summed E-state index contributed by atoms with van der Waals surface area (Å²) < 4.78 is 41.6. The van der Waals surface area contributed by atoms with Gasteiger partial charge in [-0.1, -0.05) is 11.6 Å². The predicted octanol–water partition coefficient (Wildman–Crippen LogP) is 9.40. The number of hydrogen-bond donors (Lipinski definition) is 1. The molecule has 0 aliphatic rings. The number of aromatic nitrogens is 4. The maximum atomic E-state index is 12.2. The van der Waals surface area contributed by atoms with Gasteiger partial charge in [0.25, 0.3) is 5.56 Å². The number of benzene rings is 2. The number of hydrogen-bond acceptors (Lipinski definition) is 11. The lowest BCUT2D eigenvalue weighted by Crippen LogP contribution is -2.08. The second-order valence-corrected chi connectivity index (χ2v) is 17.0. The molecule has 0 amide bonds. The van der Waals surface area contributed by atoms with Gasteiger partial charge < -0.3 is 33.4 Å². The number of H-pyrrole nitrogens is 1. The van der Waals surface area contributed by atoms with Crippen LogP contribution in [0.4, 0.5) is 0 Å². The third kappa shape index (κ3) is 9.87. The summed E-state index contributed by atoms with van der Waals surface area (Å²) in [5.41, 5.74) is 4.05. The maximum Gasteiger partial charge on any atom is 0.339 e. The van der Waals surface area contributed by atoms with Crippen molar-refractivity contribution in [3.63, 3.8) is 0 Å². The second kappa shape index (κ2) is 17.7. The fraction of sp³-hybridized carbons (Fsp3) is 0.176. The number of nitrogens with zero attached hydrogens (tertiary/aromatic N) is 3. The molecule has 51 heavy (non-hydrogen) atoms. The summed E-state index contributed by atoms with van der Waals surface area (Å²) >= 11 is 20.1. The monoisotopic (exact) mass is 794 g/mol. The summed E-state index contributed by atoms with van der Waals surface area (Å²) in [6.07, 6.45) is 3.37. The summed E-state index contributed by atoms with van der Waals surface area (Å²) in [4.78, 5) is 28.1. The quantitative estimate of drug-likeness (QED) is 0.116. The highest BCUT2D eigenvalue weighted by molar-refractivity contribution is 8.24. The summed E-state index contributed by atoms with van der Waals surface area (Å²) in [5.74, 6) is 3.18. The van der Waals surface area contributed by atoms with E-state index in [2.05, 4.69) is 53.7 Å². The molecule has 0 fully saturated rings. The van der Waals surface area contributed by atoms with Crippen LogP contribution in [-0.2, 0) is 4.57 Å². The van der Waals surface area contributed by atoms with Crippen molar-refractivity contribution in [1.82, 2.24) is 19.9 Å². The number of aromatic amines is 1.